The largest absolute Gasteiger partial charge is 0.354 e. The van der Waals surface area contributed by atoms with Crippen LogP contribution in [0.4, 0.5) is 10.2 Å². The molecule has 1 aromatic heterocycles. The summed E-state index contributed by atoms with van der Waals surface area (Å²) in [5.74, 6) is 0.702. The maximum Gasteiger partial charge on any atom is 0.151 e. The predicted octanol–water partition coefficient (Wildman–Crippen LogP) is 4.00. The second kappa shape index (κ2) is 7.09. The third-order valence-electron chi connectivity index (χ3n) is 4.08. The van der Waals surface area contributed by atoms with Crippen molar-refractivity contribution >= 4 is 17.6 Å². The van der Waals surface area contributed by atoms with Crippen LogP contribution in [0.1, 0.15) is 19.3 Å². The summed E-state index contributed by atoms with van der Waals surface area (Å²) in [5, 5.41) is 9.37. The minimum absolute atomic E-state index is 0.235. The van der Waals surface area contributed by atoms with Crippen LogP contribution in [0.3, 0.4) is 0 Å². The number of nitrogens with zero attached hydrogens (tertiary/aromatic N) is 3. The van der Waals surface area contributed by atoms with E-state index in [2.05, 4.69) is 21.4 Å². The number of hydrogen-bond donors (Lipinski definition) is 0. The normalized spacial score (nSPS) is 19.0. The van der Waals surface area contributed by atoms with Gasteiger partial charge in [-0.15, -0.1) is 10.2 Å². The lowest BCUT2D eigenvalue weighted by molar-refractivity contribution is 0.628. The summed E-state index contributed by atoms with van der Waals surface area (Å²) in [4.78, 5) is 2.33. The zero-order valence-corrected chi connectivity index (χ0v) is 13.5. The summed E-state index contributed by atoms with van der Waals surface area (Å²) in [6.07, 6.45) is 5.94. The summed E-state index contributed by atoms with van der Waals surface area (Å²) < 4.78 is 13.0. The topological polar surface area (TPSA) is 29.0 Å². The van der Waals surface area contributed by atoms with E-state index in [1.807, 2.05) is 23.9 Å². The molecular formula is C17H20FN3S. The Morgan fingerprint density at radius 1 is 1.09 bits per heavy atom. The van der Waals surface area contributed by atoms with Crippen molar-refractivity contribution in [1.29, 1.82) is 0 Å². The molecule has 0 amide bonds. The van der Waals surface area contributed by atoms with Gasteiger partial charge in [-0.3, -0.25) is 0 Å². The van der Waals surface area contributed by atoms with Crippen molar-refractivity contribution in [2.24, 2.45) is 0 Å². The van der Waals surface area contributed by atoms with Gasteiger partial charge in [0.05, 0.1) is 5.69 Å². The SMILES string of the molecule is CSC1CCCCN(c2ccc(-c3ccc(F)cc3)nn2)C1. The monoisotopic (exact) mass is 317 g/mol. The fourth-order valence-electron chi connectivity index (χ4n) is 2.77. The highest BCUT2D eigenvalue weighted by Gasteiger charge is 2.18. The quantitative estimate of drug-likeness (QED) is 0.855. The van der Waals surface area contributed by atoms with Gasteiger partial charge >= 0.3 is 0 Å². The number of halogens is 1. The van der Waals surface area contributed by atoms with Gasteiger partial charge < -0.3 is 4.90 Å². The minimum Gasteiger partial charge on any atom is -0.354 e. The van der Waals surface area contributed by atoms with Crippen LogP contribution >= 0.6 is 11.8 Å². The number of anilines is 1. The van der Waals surface area contributed by atoms with Gasteiger partial charge in [0.1, 0.15) is 5.82 Å². The van der Waals surface area contributed by atoms with Crippen LogP contribution in [0.25, 0.3) is 11.3 Å². The van der Waals surface area contributed by atoms with Crippen LogP contribution < -0.4 is 4.90 Å². The zero-order chi connectivity index (χ0) is 15.4. The van der Waals surface area contributed by atoms with Crippen LogP contribution in [-0.4, -0.2) is 34.8 Å². The molecule has 22 heavy (non-hydrogen) atoms. The molecule has 0 spiro atoms. The van der Waals surface area contributed by atoms with Gasteiger partial charge in [0.2, 0.25) is 0 Å². The standard InChI is InChI=1S/C17H20FN3S/c1-22-15-4-2-3-11-21(12-15)17-10-9-16(19-20-17)13-5-7-14(18)8-6-13/h5-10,15H,2-4,11-12H2,1H3. The van der Waals surface area contributed by atoms with E-state index in [4.69, 9.17) is 0 Å². The number of aromatic nitrogens is 2. The van der Waals surface area contributed by atoms with E-state index in [1.165, 1.54) is 31.4 Å². The van der Waals surface area contributed by atoms with E-state index >= 15 is 0 Å². The fraction of sp³-hybridized carbons (Fsp3) is 0.412. The minimum atomic E-state index is -0.235. The average molecular weight is 317 g/mol. The fourth-order valence-corrected chi connectivity index (χ4v) is 3.50. The van der Waals surface area contributed by atoms with Gasteiger partial charge in [-0.05, 0) is 55.5 Å². The summed E-state index contributed by atoms with van der Waals surface area (Å²) in [6, 6.07) is 10.3. The molecule has 0 bridgehead atoms. The molecule has 3 nitrogen and oxygen atoms in total. The smallest absolute Gasteiger partial charge is 0.151 e. The molecule has 1 atom stereocenters. The molecule has 0 saturated carbocycles. The molecule has 116 valence electrons. The highest BCUT2D eigenvalue weighted by molar-refractivity contribution is 7.99. The molecule has 1 aliphatic rings. The first-order valence-electron chi connectivity index (χ1n) is 7.63. The van der Waals surface area contributed by atoms with E-state index < -0.39 is 0 Å². The Morgan fingerprint density at radius 3 is 2.59 bits per heavy atom. The summed E-state index contributed by atoms with van der Waals surface area (Å²) in [5.41, 5.74) is 1.67. The molecule has 1 saturated heterocycles. The highest BCUT2D eigenvalue weighted by atomic mass is 32.2. The van der Waals surface area contributed by atoms with Crippen LogP contribution in [0, 0.1) is 5.82 Å². The number of thioether (sulfide) groups is 1. The van der Waals surface area contributed by atoms with Crippen molar-refractivity contribution in [3.05, 3.63) is 42.2 Å². The Hall–Kier alpha value is -1.62. The van der Waals surface area contributed by atoms with Gasteiger partial charge in [-0.1, -0.05) is 6.42 Å². The van der Waals surface area contributed by atoms with E-state index in [0.29, 0.717) is 5.25 Å². The Balaban J connectivity index is 1.77. The van der Waals surface area contributed by atoms with E-state index in [0.717, 1.165) is 30.2 Å². The van der Waals surface area contributed by atoms with Crippen molar-refractivity contribution < 1.29 is 4.39 Å². The number of rotatable bonds is 3. The van der Waals surface area contributed by atoms with Crippen molar-refractivity contribution in [3.8, 4) is 11.3 Å². The summed E-state index contributed by atoms with van der Waals surface area (Å²) >= 11 is 1.93. The summed E-state index contributed by atoms with van der Waals surface area (Å²) in [7, 11) is 0. The number of benzene rings is 1. The maximum absolute atomic E-state index is 13.0. The van der Waals surface area contributed by atoms with Gasteiger partial charge in [-0.2, -0.15) is 11.8 Å². The first-order chi connectivity index (χ1) is 10.8. The second-order valence-electron chi connectivity index (χ2n) is 5.58. The highest BCUT2D eigenvalue weighted by Crippen LogP contribution is 2.24. The van der Waals surface area contributed by atoms with Crippen LogP contribution in [0.5, 0.6) is 0 Å². The van der Waals surface area contributed by atoms with E-state index in [-0.39, 0.29) is 5.82 Å². The number of hydrogen-bond acceptors (Lipinski definition) is 4. The molecule has 5 heteroatoms. The van der Waals surface area contributed by atoms with Crippen LogP contribution in [0.15, 0.2) is 36.4 Å². The first kappa shape index (κ1) is 15.3. The molecule has 0 radical (unpaired) electrons. The van der Waals surface area contributed by atoms with Gasteiger partial charge in [-0.25, -0.2) is 4.39 Å². The van der Waals surface area contributed by atoms with Crippen LogP contribution in [-0.2, 0) is 0 Å². The molecule has 3 rings (SSSR count). The Bertz CT molecular complexity index is 600. The van der Waals surface area contributed by atoms with E-state index in [9.17, 15) is 4.39 Å². The van der Waals surface area contributed by atoms with Crippen molar-refractivity contribution in [2.45, 2.75) is 24.5 Å². The zero-order valence-electron chi connectivity index (χ0n) is 12.7. The third-order valence-corrected chi connectivity index (χ3v) is 5.13. The molecule has 1 unspecified atom stereocenters. The Morgan fingerprint density at radius 2 is 1.91 bits per heavy atom. The molecule has 1 aliphatic heterocycles. The lowest BCUT2D eigenvalue weighted by Crippen LogP contribution is -2.30. The van der Waals surface area contributed by atoms with Crippen molar-refractivity contribution in [2.75, 3.05) is 24.2 Å². The lowest BCUT2D eigenvalue weighted by atomic mass is 10.1. The molecular weight excluding hydrogens is 297 g/mol. The van der Waals surface area contributed by atoms with E-state index in [1.54, 1.807) is 12.1 Å². The second-order valence-corrected chi connectivity index (χ2v) is 6.72. The molecule has 2 heterocycles. The predicted molar refractivity (Wildman–Crippen MR) is 90.8 cm³/mol. The molecule has 1 aromatic carbocycles. The van der Waals surface area contributed by atoms with Gasteiger partial charge in [0.15, 0.2) is 5.82 Å². The van der Waals surface area contributed by atoms with Crippen LogP contribution in [0.2, 0.25) is 0 Å². The third kappa shape index (κ3) is 3.58. The van der Waals surface area contributed by atoms with Crippen molar-refractivity contribution in [1.82, 2.24) is 10.2 Å². The average Bonchev–Trinajstić information content (AvgIpc) is 2.81. The summed E-state index contributed by atoms with van der Waals surface area (Å²) in [6.45, 7) is 2.08. The first-order valence-corrected chi connectivity index (χ1v) is 8.92. The Kier molecular flexibility index (Phi) is 4.93. The molecule has 0 aliphatic carbocycles. The lowest BCUT2D eigenvalue weighted by Gasteiger charge is -2.24. The molecule has 1 fully saturated rings. The maximum atomic E-state index is 13.0. The van der Waals surface area contributed by atoms with Crippen molar-refractivity contribution in [3.63, 3.8) is 0 Å². The molecule has 0 N–H and O–H groups in total. The van der Waals surface area contributed by atoms with Gasteiger partial charge in [0, 0.05) is 23.9 Å². The molecule has 2 aromatic rings. The Labute approximate surface area is 134 Å². The van der Waals surface area contributed by atoms with Gasteiger partial charge in [0.25, 0.3) is 0 Å².